The molecule has 1 aromatic carbocycles. The second-order valence-electron chi connectivity index (χ2n) is 7.39. The molecule has 2 amide bonds. The normalized spacial score (nSPS) is 22.0. The van der Waals surface area contributed by atoms with Crippen molar-refractivity contribution in [3.05, 3.63) is 64.4 Å². The minimum atomic E-state index is -0.251. The molecule has 0 radical (unpaired) electrons. The first kappa shape index (κ1) is 20.0. The number of carbonyl (C=O) groups excluding carboxylic acids is 2. The number of amides is 2. The summed E-state index contributed by atoms with van der Waals surface area (Å²) in [5, 5.41) is 0. The fraction of sp³-hybridized carbons (Fsp3) is 0.381. The fourth-order valence-corrected chi connectivity index (χ4v) is 4.06. The standard InChI is InChI=1S/C21H24BrN5O2/c22-16-6-4-15(5-7-16)18-14-19(25-24-18)21(29)27-11-9-26(10-12-27)20(28)13-17-3-1-2-8-23-17/h1-8,18-19,24-25H,9-14H2. The van der Waals surface area contributed by atoms with Gasteiger partial charge in [0.15, 0.2) is 0 Å². The van der Waals surface area contributed by atoms with Crippen LogP contribution in [-0.4, -0.2) is 58.8 Å². The van der Waals surface area contributed by atoms with Gasteiger partial charge >= 0.3 is 0 Å². The molecule has 2 atom stereocenters. The van der Waals surface area contributed by atoms with Crippen LogP contribution in [0.1, 0.15) is 23.7 Å². The first-order valence-corrected chi connectivity index (χ1v) is 10.6. The summed E-state index contributed by atoms with van der Waals surface area (Å²) in [6.45, 7) is 2.25. The van der Waals surface area contributed by atoms with E-state index < -0.39 is 0 Å². The lowest BCUT2D eigenvalue weighted by Gasteiger charge is -2.35. The second kappa shape index (κ2) is 9.02. The van der Waals surface area contributed by atoms with E-state index in [1.807, 2.05) is 40.1 Å². The number of hydrogen-bond donors (Lipinski definition) is 2. The molecule has 7 nitrogen and oxygen atoms in total. The average Bonchev–Trinajstić information content (AvgIpc) is 3.25. The van der Waals surface area contributed by atoms with Gasteiger partial charge in [0, 0.05) is 48.6 Å². The first-order valence-electron chi connectivity index (χ1n) is 9.83. The summed E-state index contributed by atoms with van der Waals surface area (Å²) in [4.78, 5) is 33.3. The summed E-state index contributed by atoms with van der Waals surface area (Å²) in [5.41, 5.74) is 8.30. The molecule has 1 aromatic heterocycles. The van der Waals surface area contributed by atoms with Crippen LogP contribution in [0.25, 0.3) is 0 Å². The molecular weight excluding hydrogens is 434 g/mol. The number of nitrogens with zero attached hydrogens (tertiary/aromatic N) is 3. The Morgan fingerprint density at radius 1 is 1.00 bits per heavy atom. The quantitative estimate of drug-likeness (QED) is 0.729. The van der Waals surface area contributed by atoms with E-state index in [0.717, 1.165) is 15.7 Å². The van der Waals surface area contributed by atoms with Crippen molar-refractivity contribution in [1.82, 2.24) is 25.6 Å². The van der Waals surface area contributed by atoms with Crippen molar-refractivity contribution in [2.24, 2.45) is 0 Å². The Labute approximate surface area is 178 Å². The third kappa shape index (κ3) is 4.83. The highest BCUT2D eigenvalue weighted by atomic mass is 79.9. The Balaban J connectivity index is 1.27. The lowest BCUT2D eigenvalue weighted by atomic mass is 10.0. The van der Waals surface area contributed by atoms with Gasteiger partial charge < -0.3 is 9.80 Å². The SMILES string of the molecule is O=C(Cc1ccccn1)N1CCN(C(=O)C2CC(c3ccc(Br)cc3)NN2)CC1. The molecule has 2 aromatic rings. The maximum absolute atomic E-state index is 12.9. The van der Waals surface area contributed by atoms with E-state index in [0.29, 0.717) is 39.0 Å². The topological polar surface area (TPSA) is 77.6 Å². The number of halogens is 1. The number of pyridine rings is 1. The molecule has 4 rings (SSSR count). The third-order valence-corrected chi connectivity index (χ3v) is 6.00. The van der Waals surface area contributed by atoms with Crippen LogP contribution in [0.2, 0.25) is 0 Å². The van der Waals surface area contributed by atoms with Crippen molar-refractivity contribution in [1.29, 1.82) is 0 Å². The summed E-state index contributed by atoms with van der Waals surface area (Å²) >= 11 is 3.45. The molecule has 152 valence electrons. The molecule has 0 spiro atoms. The Hall–Kier alpha value is -2.29. The summed E-state index contributed by atoms with van der Waals surface area (Å²) in [5.74, 6) is 0.153. The van der Waals surface area contributed by atoms with Crippen molar-refractivity contribution in [2.75, 3.05) is 26.2 Å². The van der Waals surface area contributed by atoms with Gasteiger partial charge in [-0.25, -0.2) is 10.9 Å². The number of benzene rings is 1. The van der Waals surface area contributed by atoms with E-state index >= 15 is 0 Å². The van der Waals surface area contributed by atoms with E-state index in [1.165, 1.54) is 0 Å². The Morgan fingerprint density at radius 3 is 2.41 bits per heavy atom. The fourth-order valence-electron chi connectivity index (χ4n) is 3.80. The third-order valence-electron chi connectivity index (χ3n) is 5.48. The van der Waals surface area contributed by atoms with Crippen LogP contribution >= 0.6 is 15.9 Å². The van der Waals surface area contributed by atoms with E-state index in [9.17, 15) is 9.59 Å². The number of nitrogens with one attached hydrogen (secondary N) is 2. The number of carbonyl (C=O) groups is 2. The highest BCUT2D eigenvalue weighted by Crippen LogP contribution is 2.24. The van der Waals surface area contributed by atoms with Gasteiger partial charge in [0.2, 0.25) is 11.8 Å². The molecule has 2 unspecified atom stereocenters. The van der Waals surface area contributed by atoms with Crippen LogP contribution in [0.4, 0.5) is 0 Å². The summed E-state index contributed by atoms with van der Waals surface area (Å²) in [6.07, 6.45) is 2.71. The molecule has 3 heterocycles. The zero-order valence-electron chi connectivity index (χ0n) is 16.1. The van der Waals surface area contributed by atoms with Gasteiger partial charge in [0.05, 0.1) is 6.42 Å². The van der Waals surface area contributed by atoms with Crippen molar-refractivity contribution in [2.45, 2.75) is 24.9 Å². The minimum absolute atomic E-state index is 0.0618. The first-order chi connectivity index (χ1) is 14.1. The van der Waals surface area contributed by atoms with Crippen molar-refractivity contribution < 1.29 is 9.59 Å². The number of hydrazine groups is 1. The van der Waals surface area contributed by atoms with E-state index in [2.05, 4.69) is 43.9 Å². The van der Waals surface area contributed by atoms with Gasteiger partial charge in [0.1, 0.15) is 6.04 Å². The molecular formula is C21H24BrN5O2. The Bertz CT molecular complexity index is 853. The zero-order chi connectivity index (χ0) is 20.2. The Morgan fingerprint density at radius 2 is 1.72 bits per heavy atom. The van der Waals surface area contributed by atoms with Gasteiger partial charge in [-0.05, 0) is 36.2 Å². The Kier molecular flexibility index (Phi) is 6.22. The number of hydrogen-bond acceptors (Lipinski definition) is 5. The highest BCUT2D eigenvalue weighted by molar-refractivity contribution is 9.10. The highest BCUT2D eigenvalue weighted by Gasteiger charge is 2.34. The maximum Gasteiger partial charge on any atom is 0.241 e. The monoisotopic (exact) mass is 457 g/mol. The van der Waals surface area contributed by atoms with Gasteiger partial charge in [0.25, 0.3) is 0 Å². The molecule has 2 fully saturated rings. The molecule has 2 saturated heterocycles. The van der Waals surface area contributed by atoms with Crippen molar-refractivity contribution >= 4 is 27.7 Å². The predicted molar refractivity (Wildman–Crippen MR) is 113 cm³/mol. The summed E-state index contributed by atoms with van der Waals surface area (Å²) in [7, 11) is 0. The minimum Gasteiger partial charge on any atom is -0.339 e. The van der Waals surface area contributed by atoms with Gasteiger partial charge in [-0.1, -0.05) is 34.1 Å². The molecule has 29 heavy (non-hydrogen) atoms. The van der Waals surface area contributed by atoms with Crippen molar-refractivity contribution in [3.63, 3.8) is 0 Å². The van der Waals surface area contributed by atoms with Crippen LogP contribution < -0.4 is 10.9 Å². The van der Waals surface area contributed by atoms with E-state index in [4.69, 9.17) is 0 Å². The molecule has 0 bridgehead atoms. The van der Waals surface area contributed by atoms with Gasteiger partial charge in [-0.15, -0.1) is 0 Å². The van der Waals surface area contributed by atoms with Crippen LogP contribution in [0.3, 0.4) is 0 Å². The summed E-state index contributed by atoms with van der Waals surface area (Å²) < 4.78 is 1.04. The van der Waals surface area contributed by atoms with Crippen LogP contribution in [-0.2, 0) is 16.0 Å². The molecule has 0 saturated carbocycles. The average molecular weight is 458 g/mol. The van der Waals surface area contributed by atoms with Gasteiger partial charge in [-0.3, -0.25) is 14.6 Å². The molecule has 2 N–H and O–H groups in total. The lowest BCUT2D eigenvalue weighted by molar-refractivity contribution is -0.140. The maximum atomic E-state index is 12.9. The van der Waals surface area contributed by atoms with E-state index in [1.54, 1.807) is 6.20 Å². The van der Waals surface area contributed by atoms with Crippen molar-refractivity contribution in [3.8, 4) is 0 Å². The summed E-state index contributed by atoms with van der Waals surface area (Å²) in [6, 6.07) is 13.6. The van der Waals surface area contributed by atoms with Crippen LogP contribution in [0.15, 0.2) is 53.1 Å². The van der Waals surface area contributed by atoms with Gasteiger partial charge in [-0.2, -0.15) is 0 Å². The smallest absolute Gasteiger partial charge is 0.241 e. The second-order valence-corrected chi connectivity index (χ2v) is 8.30. The number of piperazine rings is 1. The van der Waals surface area contributed by atoms with E-state index in [-0.39, 0.29) is 23.9 Å². The largest absolute Gasteiger partial charge is 0.339 e. The predicted octanol–water partition coefficient (Wildman–Crippen LogP) is 1.67. The molecule has 2 aliphatic rings. The van der Waals surface area contributed by atoms with Crippen LogP contribution in [0.5, 0.6) is 0 Å². The molecule has 2 aliphatic heterocycles. The lowest BCUT2D eigenvalue weighted by Crippen LogP contribution is -2.55. The molecule has 0 aliphatic carbocycles. The number of aromatic nitrogens is 1. The van der Waals surface area contributed by atoms with Crippen LogP contribution in [0, 0.1) is 0 Å². The molecule has 8 heteroatoms. The zero-order valence-corrected chi connectivity index (χ0v) is 17.6. The number of rotatable bonds is 4.